The lowest BCUT2D eigenvalue weighted by atomic mass is 10.1. The number of carbonyl (C=O) groups excluding carboxylic acids is 2. The number of nitrogens with one attached hydrogen (secondary N) is 1. The van der Waals surface area contributed by atoms with Gasteiger partial charge in [0.25, 0.3) is 0 Å². The molecular formula is C23H27Cl3N2O2S. The van der Waals surface area contributed by atoms with E-state index in [2.05, 4.69) is 5.32 Å². The molecule has 2 rings (SSSR count). The van der Waals surface area contributed by atoms with Gasteiger partial charge in [-0.05, 0) is 67.5 Å². The van der Waals surface area contributed by atoms with E-state index in [1.54, 1.807) is 34.9 Å². The van der Waals surface area contributed by atoms with Crippen LogP contribution in [-0.2, 0) is 16.1 Å². The molecular weight excluding hydrogens is 475 g/mol. The van der Waals surface area contributed by atoms with Crippen LogP contribution in [0.25, 0.3) is 0 Å². The molecule has 0 bridgehead atoms. The van der Waals surface area contributed by atoms with Crippen LogP contribution in [-0.4, -0.2) is 35.1 Å². The molecule has 0 spiro atoms. The van der Waals surface area contributed by atoms with Gasteiger partial charge in [0.2, 0.25) is 11.8 Å². The summed E-state index contributed by atoms with van der Waals surface area (Å²) < 4.78 is 0. The van der Waals surface area contributed by atoms with Gasteiger partial charge in [-0.15, -0.1) is 11.8 Å². The summed E-state index contributed by atoms with van der Waals surface area (Å²) in [5, 5.41) is 4.54. The van der Waals surface area contributed by atoms with Crippen molar-refractivity contribution in [3.05, 3.63) is 63.1 Å². The second-order valence-electron chi connectivity index (χ2n) is 6.98. The number of halogens is 3. The lowest BCUT2D eigenvalue weighted by Crippen LogP contribution is -2.49. The fourth-order valence-electron chi connectivity index (χ4n) is 3.13. The summed E-state index contributed by atoms with van der Waals surface area (Å²) in [5.74, 6) is 0.570. The predicted octanol–water partition coefficient (Wildman–Crippen LogP) is 6.46. The van der Waals surface area contributed by atoms with Crippen LogP contribution in [0.4, 0.5) is 0 Å². The van der Waals surface area contributed by atoms with E-state index in [1.165, 1.54) is 0 Å². The zero-order chi connectivity index (χ0) is 22.8. The molecule has 2 aromatic rings. The first-order chi connectivity index (χ1) is 14.8. The zero-order valence-corrected chi connectivity index (χ0v) is 20.8. The first kappa shape index (κ1) is 25.9. The fraction of sp³-hybridized carbons (Fsp3) is 0.391. The number of hydrogen-bond acceptors (Lipinski definition) is 3. The lowest BCUT2D eigenvalue weighted by molar-refractivity contribution is -0.141. The molecule has 1 atom stereocenters. The highest BCUT2D eigenvalue weighted by molar-refractivity contribution is 7.99. The van der Waals surface area contributed by atoms with Crippen LogP contribution in [0.15, 0.2) is 47.4 Å². The highest BCUT2D eigenvalue weighted by Crippen LogP contribution is 2.25. The van der Waals surface area contributed by atoms with Crippen LogP contribution in [0.1, 0.15) is 38.7 Å². The summed E-state index contributed by atoms with van der Waals surface area (Å²) in [6.07, 6.45) is 1.56. The van der Waals surface area contributed by atoms with Crippen LogP contribution in [0.3, 0.4) is 0 Å². The number of rotatable bonds is 11. The SMILES string of the molecule is CCNC(=O)[C@@H](CC)N(Cc1ccc(Cl)cc1Cl)C(=O)CCCSc1ccc(Cl)cc1. The van der Waals surface area contributed by atoms with E-state index in [9.17, 15) is 9.59 Å². The van der Waals surface area contributed by atoms with Gasteiger partial charge in [0.05, 0.1) is 0 Å². The number of amides is 2. The molecule has 8 heteroatoms. The molecule has 31 heavy (non-hydrogen) atoms. The molecule has 0 radical (unpaired) electrons. The van der Waals surface area contributed by atoms with Gasteiger partial charge in [0.15, 0.2) is 0 Å². The minimum absolute atomic E-state index is 0.0687. The maximum atomic E-state index is 13.1. The van der Waals surface area contributed by atoms with Gasteiger partial charge in [0, 0.05) is 39.5 Å². The van der Waals surface area contributed by atoms with E-state index in [-0.39, 0.29) is 18.4 Å². The van der Waals surface area contributed by atoms with Crippen molar-refractivity contribution in [1.82, 2.24) is 10.2 Å². The molecule has 0 aliphatic rings. The zero-order valence-electron chi connectivity index (χ0n) is 17.7. The van der Waals surface area contributed by atoms with Crippen molar-refractivity contribution in [1.29, 1.82) is 0 Å². The van der Waals surface area contributed by atoms with Crippen LogP contribution < -0.4 is 5.32 Å². The van der Waals surface area contributed by atoms with E-state index in [4.69, 9.17) is 34.8 Å². The molecule has 1 N–H and O–H groups in total. The average molecular weight is 502 g/mol. The van der Waals surface area contributed by atoms with E-state index in [0.29, 0.717) is 40.9 Å². The standard InChI is InChI=1S/C23H27Cl3N2O2S/c1-3-21(23(30)27-4-2)28(15-16-7-8-18(25)14-20(16)26)22(29)6-5-13-31-19-11-9-17(24)10-12-19/h7-12,14,21H,3-6,13,15H2,1-2H3,(H,27,30)/t21-/m1/s1. The monoisotopic (exact) mass is 500 g/mol. The van der Waals surface area contributed by atoms with Gasteiger partial charge < -0.3 is 10.2 Å². The Labute approximate surface area is 203 Å². The second-order valence-corrected chi connectivity index (χ2v) is 9.43. The number of carbonyl (C=O) groups is 2. The molecule has 2 aromatic carbocycles. The van der Waals surface area contributed by atoms with Crippen LogP contribution in [0, 0.1) is 0 Å². The van der Waals surface area contributed by atoms with E-state index in [0.717, 1.165) is 16.2 Å². The third kappa shape index (κ3) is 8.23. The normalized spacial score (nSPS) is 11.8. The van der Waals surface area contributed by atoms with E-state index in [1.807, 2.05) is 38.1 Å². The molecule has 0 unspecified atom stereocenters. The second kappa shape index (κ2) is 13.2. The van der Waals surface area contributed by atoms with Gasteiger partial charge in [0.1, 0.15) is 6.04 Å². The van der Waals surface area contributed by atoms with Crippen LogP contribution >= 0.6 is 46.6 Å². The summed E-state index contributed by atoms with van der Waals surface area (Å²) in [4.78, 5) is 28.5. The first-order valence-electron chi connectivity index (χ1n) is 10.2. The van der Waals surface area contributed by atoms with Crippen molar-refractivity contribution in [2.24, 2.45) is 0 Å². The molecule has 0 saturated carbocycles. The summed E-state index contributed by atoms with van der Waals surface area (Å²) in [6.45, 7) is 4.53. The van der Waals surface area contributed by atoms with Crippen molar-refractivity contribution < 1.29 is 9.59 Å². The van der Waals surface area contributed by atoms with Crippen molar-refractivity contribution in [3.8, 4) is 0 Å². The topological polar surface area (TPSA) is 49.4 Å². The Morgan fingerprint density at radius 3 is 2.32 bits per heavy atom. The van der Waals surface area contributed by atoms with Crippen molar-refractivity contribution >= 4 is 58.4 Å². The third-order valence-electron chi connectivity index (χ3n) is 4.71. The molecule has 0 aliphatic carbocycles. The Morgan fingerprint density at radius 2 is 1.71 bits per heavy atom. The molecule has 0 aromatic heterocycles. The number of hydrogen-bond donors (Lipinski definition) is 1. The van der Waals surface area contributed by atoms with Gasteiger partial charge in [-0.2, -0.15) is 0 Å². The first-order valence-corrected chi connectivity index (χ1v) is 12.4. The molecule has 2 amide bonds. The number of nitrogens with zero attached hydrogens (tertiary/aromatic N) is 1. The number of benzene rings is 2. The summed E-state index contributed by atoms with van der Waals surface area (Å²) in [5.41, 5.74) is 0.762. The van der Waals surface area contributed by atoms with Gasteiger partial charge >= 0.3 is 0 Å². The molecule has 168 valence electrons. The lowest BCUT2D eigenvalue weighted by Gasteiger charge is -2.31. The Balaban J connectivity index is 2.07. The van der Waals surface area contributed by atoms with Crippen LogP contribution in [0.2, 0.25) is 15.1 Å². The summed E-state index contributed by atoms with van der Waals surface area (Å²) in [7, 11) is 0. The minimum atomic E-state index is -0.553. The highest BCUT2D eigenvalue weighted by Gasteiger charge is 2.28. The highest BCUT2D eigenvalue weighted by atomic mass is 35.5. The maximum absolute atomic E-state index is 13.1. The Morgan fingerprint density at radius 1 is 1.03 bits per heavy atom. The van der Waals surface area contributed by atoms with Gasteiger partial charge in [-0.1, -0.05) is 47.8 Å². The summed E-state index contributed by atoms with van der Waals surface area (Å²) >= 11 is 19.9. The van der Waals surface area contributed by atoms with Crippen molar-refractivity contribution in [2.75, 3.05) is 12.3 Å². The third-order valence-corrected chi connectivity index (χ3v) is 6.65. The Kier molecular flexibility index (Phi) is 11.0. The Hall–Kier alpha value is -1.40. The average Bonchev–Trinajstić information content (AvgIpc) is 2.74. The van der Waals surface area contributed by atoms with Crippen molar-refractivity contribution in [3.63, 3.8) is 0 Å². The number of likely N-dealkylation sites (N-methyl/N-ethyl adjacent to an activating group) is 1. The maximum Gasteiger partial charge on any atom is 0.242 e. The molecule has 4 nitrogen and oxygen atoms in total. The number of thioether (sulfide) groups is 1. The quantitative estimate of drug-likeness (QED) is 0.284. The largest absolute Gasteiger partial charge is 0.355 e. The molecule has 0 aliphatic heterocycles. The van der Waals surface area contributed by atoms with E-state index >= 15 is 0 Å². The van der Waals surface area contributed by atoms with Gasteiger partial charge in [-0.3, -0.25) is 9.59 Å². The molecule has 0 heterocycles. The smallest absolute Gasteiger partial charge is 0.242 e. The van der Waals surface area contributed by atoms with E-state index < -0.39 is 6.04 Å². The van der Waals surface area contributed by atoms with Crippen LogP contribution in [0.5, 0.6) is 0 Å². The minimum Gasteiger partial charge on any atom is -0.355 e. The molecule has 0 saturated heterocycles. The Bertz CT molecular complexity index is 878. The van der Waals surface area contributed by atoms with Gasteiger partial charge in [-0.25, -0.2) is 0 Å². The van der Waals surface area contributed by atoms with Crippen molar-refractivity contribution in [2.45, 2.75) is 50.6 Å². The summed E-state index contributed by atoms with van der Waals surface area (Å²) in [6, 6.07) is 12.3. The fourth-order valence-corrected chi connectivity index (χ4v) is 4.58. The molecule has 0 fully saturated rings. The predicted molar refractivity (Wildman–Crippen MR) is 131 cm³/mol.